The van der Waals surface area contributed by atoms with Gasteiger partial charge in [0.15, 0.2) is 11.4 Å². The molecular formula is C14H20O2. The van der Waals surface area contributed by atoms with E-state index in [1.54, 1.807) is 0 Å². The van der Waals surface area contributed by atoms with Crippen LogP contribution in [0.15, 0.2) is 11.6 Å². The van der Waals surface area contributed by atoms with Crippen LogP contribution >= 0.6 is 0 Å². The van der Waals surface area contributed by atoms with E-state index in [2.05, 4.69) is 26.8 Å². The second kappa shape index (κ2) is 2.61. The molecule has 3 atom stereocenters. The summed E-state index contributed by atoms with van der Waals surface area (Å²) in [4.78, 5) is 12.0. The highest BCUT2D eigenvalue weighted by atomic mass is 16.6. The van der Waals surface area contributed by atoms with Crippen LogP contribution in [0, 0.1) is 11.3 Å². The van der Waals surface area contributed by atoms with Crippen molar-refractivity contribution < 1.29 is 9.53 Å². The highest BCUT2D eigenvalue weighted by Gasteiger charge is 2.81. The Hall–Kier alpha value is -0.630. The van der Waals surface area contributed by atoms with Crippen LogP contribution < -0.4 is 0 Å². The van der Waals surface area contributed by atoms with E-state index in [1.807, 2.05) is 6.92 Å². The molecule has 0 spiro atoms. The lowest BCUT2D eigenvalue weighted by Crippen LogP contribution is -2.52. The number of epoxide rings is 1. The third-order valence-corrected chi connectivity index (χ3v) is 5.10. The lowest BCUT2D eigenvalue weighted by atomic mass is 9.56. The third-order valence-electron chi connectivity index (χ3n) is 5.10. The molecule has 1 heterocycles. The standard InChI is InChI=1S/C14H20O2/c1-9-7-10(8-9)14-12(2,3)6-5-11(15)13(14,4)16-14/h7,10H,5-6,8H2,1-4H3. The number of carbonyl (C=O) groups excluding carboxylic acids is 1. The van der Waals surface area contributed by atoms with Crippen LogP contribution in [0.3, 0.4) is 0 Å². The average Bonchev–Trinajstić information content (AvgIpc) is 2.79. The molecule has 1 saturated carbocycles. The van der Waals surface area contributed by atoms with Crippen molar-refractivity contribution in [3.8, 4) is 0 Å². The number of rotatable bonds is 1. The van der Waals surface area contributed by atoms with E-state index in [4.69, 9.17) is 4.74 Å². The molecule has 16 heavy (non-hydrogen) atoms. The number of ether oxygens (including phenoxy) is 1. The van der Waals surface area contributed by atoms with Crippen molar-refractivity contribution in [2.24, 2.45) is 11.3 Å². The topological polar surface area (TPSA) is 29.6 Å². The molecule has 0 bridgehead atoms. The van der Waals surface area contributed by atoms with Gasteiger partial charge in [-0.05, 0) is 32.1 Å². The smallest absolute Gasteiger partial charge is 0.167 e. The summed E-state index contributed by atoms with van der Waals surface area (Å²) in [5, 5.41) is 0. The van der Waals surface area contributed by atoms with E-state index >= 15 is 0 Å². The fourth-order valence-electron chi connectivity index (χ4n) is 4.04. The summed E-state index contributed by atoms with van der Waals surface area (Å²) in [5.41, 5.74) is 0.870. The van der Waals surface area contributed by atoms with Gasteiger partial charge >= 0.3 is 0 Å². The summed E-state index contributed by atoms with van der Waals surface area (Å²) in [5.74, 6) is 0.765. The van der Waals surface area contributed by atoms with Gasteiger partial charge in [-0.1, -0.05) is 25.5 Å². The first-order valence-electron chi connectivity index (χ1n) is 6.24. The van der Waals surface area contributed by atoms with Crippen LogP contribution in [0.1, 0.15) is 47.0 Å². The number of carbonyl (C=O) groups is 1. The maximum atomic E-state index is 12.0. The van der Waals surface area contributed by atoms with Gasteiger partial charge in [-0.15, -0.1) is 0 Å². The summed E-state index contributed by atoms with van der Waals surface area (Å²) in [7, 11) is 0. The van der Waals surface area contributed by atoms with Gasteiger partial charge in [0.1, 0.15) is 5.60 Å². The zero-order valence-electron chi connectivity index (χ0n) is 10.6. The van der Waals surface area contributed by atoms with Crippen molar-refractivity contribution in [1.29, 1.82) is 0 Å². The quantitative estimate of drug-likeness (QED) is 0.502. The van der Waals surface area contributed by atoms with E-state index in [1.165, 1.54) is 5.57 Å². The summed E-state index contributed by atoms with van der Waals surface area (Å²) >= 11 is 0. The molecule has 2 aliphatic carbocycles. The van der Waals surface area contributed by atoms with Gasteiger partial charge in [0.05, 0.1) is 0 Å². The summed E-state index contributed by atoms with van der Waals surface area (Å²) < 4.78 is 6.04. The van der Waals surface area contributed by atoms with Crippen molar-refractivity contribution in [3.05, 3.63) is 11.6 Å². The van der Waals surface area contributed by atoms with Crippen LogP contribution in [-0.2, 0) is 9.53 Å². The Morgan fingerprint density at radius 1 is 1.38 bits per heavy atom. The summed E-state index contributed by atoms with van der Waals surface area (Å²) in [6.45, 7) is 8.67. The number of Topliss-reactive ketones (excluding diaryl/α,β-unsaturated/α-hetero) is 1. The van der Waals surface area contributed by atoms with Crippen molar-refractivity contribution in [3.63, 3.8) is 0 Å². The number of allylic oxidation sites excluding steroid dienone is 1. The van der Waals surface area contributed by atoms with Crippen molar-refractivity contribution in [2.75, 3.05) is 0 Å². The van der Waals surface area contributed by atoms with Gasteiger partial charge in [0.2, 0.25) is 0 Å². The molecule has 2 nitrogen and oxygen atoms in total. The minimum absolute atomic E-state index is 0.123. The molecule has 0 N–H and O–H groups in total. The van der Waals surface area contributed by atoms with Gasteiger partial charge < -0.3 is 4.74 Å². The molecule has 0 aromatic rings. The molecule has 0 radical (unpaired) electrons. The number of fused-ring (bicyclic) bond motifs is 1. The molecule has 0 aromatic heterocycles. The number of hydrogen-bond donors (Lipinski definition) is 0. The summed E-state index contributed by atoms with van der Waals surface area (Å²) in [6, 6.07) is 0. The second-order valence-electron chi connectivity index (χ2n) is 6.50. The zero-order valence-corrected chi connectivity index (χ0v) is 10.6. The SMILES string of the molecule is CC1=CC(C23OC2(C)C(=O)CCC3(C)C)C1. The predicted molar refractivity (Wildman–Crippen MR) is 62.1 cm³/mol. The third kappa shape index (κ3) is 0.912. The van der Waals surface area contributed by atoms with Crippen LogP contribution in [0.25, 0.3) is 0 Å². The molecular weight excluding hydrogens is 200 g/mol. The van der Waals surface area contributed by atoms with Gasteiger partial charge in [-0.25, -0.2) is 0 Å². The van der Waals surface area contributed by atoms with E-state index < -0.39 is 5.60 Å². The Balaban J connectivity index is 2.02. The molecule has 2 heteroatoms. The average molecular weight is 220 g/mol. The largest absolute Gasteiger partial charge is 0.353 e. The molecule has 1 saturated heterocycles. The first kappa shape index (κ1) is 10.5. The maximum absolute atomic E-state index is 12.0. The van der Waals surface area contributed by atoms with Crippen molar-refractivity contribution >= 4 is 5.78 Å². The van der Waals surface area contributed by atoms with E-state index in [-0.39, 0.29) is 11.0 Å². The molecule has 0 aromatic carbocycles. The van der Waals surface area contributed by atoms with Crippen molar-refractivity contribution in [1.82, 2.24) is 0 Å². The van der Waals surface area contributed by atoms with Crippen LogP contribution in [-0.4, -0.2) is 17.0 Å². The fourth-order valence-corrected chi connectivity index (χ4v) is 4.04. The van der Waals surface area contributed by atoms with Crippen LogP contribution in [0.2, 0.25) is 0 Å². The van der Waals surface area contributed by atoms with Crippen LogP contribution in [0.4, 0.5) is 0 Å². The lowest BCUT2D eigenvalue weighted by Gasteiger charge is -2.44. The Morgan fingerprint density at radius 2 is 2.00 bits per heavy atom. The molecule has 1 aliphatic heterocycles. The minimum Gasteiger partial charge on any atom is -0.353 e. The van der Waals surface area contributed by atoms with Gasteiger partial charge in [-0.3, -0.25) is 4.79 Å². The molecule has 2 fully saturated rings. The number of ketones is 1. The zero-order chi connectivity index (χ0) is 11.8. The Bertz CT molecular complexity index is 407. The maximum Gasteiger partial charge on any atom is 0.167 e. The summed E-state index contributed by atoms with van der Waals surface area (Å²) in [6.07, 6.45) is 5.05. The van der Waals surface area contributed by atoms with Crippen LogP contribution in [0.5, 0.6) is 0 Å². The highest BCUT2D eigenvalue weighted by molar-refractivity contribution is 5.93. The molecule has 3 rings (SSSR count). The second-order valence-corrected chi connectivity index (χ2v) is 6.50. The Labute approximate surface area is 97.1 Å². The van der Waals surface area contributed by atoms with Gasteiger partial charge in [-0.2, -0.15) is 0 Å². The van der Waals surface area contributed by atoms with Crippen molar-refractivity contribution in [2.45, 2.75) is 58.2 Å². The normalized spacial score (nSPS) is 49.1. The molecule has 0 amide bonds. The first-order valence-corrected chi connectivity index (χ1v) is 6.24. The van der Waals surface area contributed by atoms with E-state index in [9.17, 15) is 4.79 Å². The van der Waals surface area contributed by atoms with E-state index in [0.29, 0.717) is 18.1 Å². The molecule has 88 valence electrons. The van der Waals surface area contributed by atoms with E-state index in [0.717, 1.165) is 12.8 Å². The number of hydrogen-bond acceptors (Lipinski definition) is 2. The fraction of sp³-hybridized carbons (Fsp3) is 0.786. The molecule has 3 unspecified atom stereocenters. The van der Waals surface area contributed by atoms with Gasteiger partial charge in [0, 0.05) is 12.3 Å². The first-order chi connectivity index (χ1) is 7.33. The highest BCUT2D eigenvalue weighted by Crippen LogP contribution is 2.69. The molecule has 3 aliphatic rings. The van der Waals surface area contributed by atoms with Gasteiger partial charge in [0.25, 0.3) is 0 Å². The Morgan fingerprint density at radius 3 is 2.56 bits per heavy atom. The minimum atomic E-state index is -0.489. The Kier molecular flexibility index (Phi) is 1.72. The monoisotopic (exact) mass is 220 g/mol. The predicted octanol–water partition coefficient (Wildman–Crippen LogP) is 2.87. The lowest BCUT2D eigenvalue weighted by molar-refractivity contribution is -0.125.